The fraction of sp³-hybridized carbons (Fsp3) is 0.286. The zero-order valence-corrected chi connectivity index (χ0v) is 13.7. The van der Waals surface area contributed by atoms with Gasteiger partial charge in [0, 0.05) is 12.6 Å². The zero-order chi connectivity index (χ0) is 15.4. The first-order chi connectivity index (χ1) is 10.0. The van der Waals surface area contributed by atoms with Crippen LogP contribution in [-0.4, -0.2) is 26.4 Å². The molecular formula is C14H14BrFN2O2S. The van der Waals surface area contributed by atoms with Crippen molar-refractivity contribution in [2.75, 3.05) is 5.75 Å². The number of aromatic nitrogens is 2. The van der Waals surface area contributed by atoms with Crippen molar-refractivity contribution in [1.82, 2.24) is 9.55 Å². The van der Waals surface area contributed by atoms with Crippen LogP contribution in [0.3, 0.4) is 0 Å². The summed E-state index contributed by atoms with van der Waals surface area (Å²) >= 11 is 4.31. The number of halogens is 2. The van der Waals surface area contributed by atoms with Crippen molar-refractivity contribution in [2.24, 2.45) is 0 Å². The van der Waals surface area contributed by atoms with Crippen LogP contribution < -0.4 is 0 Å². The summed E-state index contributed by atoms with van der Waals surface area (Å²) in [6.45, 7) is 2.61. The Balaban J connectivity index is 2.43. The quantitative estimate of drug-likeness (QED) is 0.612. The summed E-state index contributed by atoms with van der Waals surface area (Å²) in [4.78, 5) is 15.1. The maximum atomic E-state index is 13.6. The predicted octanol–water partition coefficient (Wildman–Crippen LogP) is 4.08. The van der Waals surface area contributed by atoms with Crippen LogP contribution >= 0.6 is 27.7 Å². The molecule has 0 amide bonds. The number of hydrogen-bond acceptors (Lipinski definition) is 3. The average Bonchev–Trinajstić information content (AvgIpc) is 2.75. The molecule has 2 rings (SSSR count). The molecule has 0 unspecified atom stereocenters. The van der Waals surface area contributed by atoms with Crippen LogP contribution in [0.1, 0.15) is 13.3 Å². The third kappa shape index (κ3) is 3.85. The van der Waals surface area contributed by atoms with E-state index in [-0.39, 0.29) is 11.6 Å². The number of carboxylic acid groups (broad SMARTS) is 1. The van der Waals surface area contributed by atoms with E-state index in [9.17, 15) is 9.18 Å². The Morgan fingerprint density at radius 1 is 1.57 bits per heavy atom. The van der Waals surface area contributed by atoms with Gasteiger partial charge in [0.25, 0.3) is 0 Å². The maximum Gasteiger partial charge on any atom is 0.313 e. The summed E-state index contributed by atoms with van der Waals surface area (Å²) in [6, 6.07) is 3.04. The van der Waals surface area contributed by atoms with Gasteiger partial charge in [0.15, 0.2) is 5.16 Å². The number of aryl methyl sites for hydroxylation is 1. The lowest BCUT2D eigenvalue weighted by molar-refractivity contribution is -0.133. The molecule has 2 aromatic rings. The summed E-state index contributed by atoms with van der Waals surface area (Å²) in [7, 11) is 0. The molecule has 7 heteroatoms. The van der Waals surface area contributed by atoms with E-state index in [2.05, 4.69) is 20.9 Å². The Kier molecular flexibility index (Phi) is 5.41. The predicted molar refractivity (Wildman–Crippen MR) is 85.2 cm³/mol. The molecule has 112 valence electrons. The van der Waals surface area contributed by atoms with Crippen LogP contribution in [0, 0.1) is 5.82 Å². The standard InChI is InChI=1S/C14H14BrFN2O2S/c1-2-3-4-5-18-12-6-9(15)10(16)7-11(12)17-14(18)21-8-13(19)20/h2-3,6-7H,4-5,8H2,1H3,(H,19,20)/b3-2+. The second-order valence-corrected chi connectivity index (χ2v) is 6.14. The summed E-state index contributed by atoms with van der Waals surface area (Å²) in [5, 5.41) is 9.40. The van der Waals surface area contributed by atoms with E-state index in [1.165, 1.54) is 6.07 Å². The minimum atomic E-state index is -0.903. The SMILES string of the molecule is C/C=C/CCn1c(SCC(=O)O)nc2cc(F)c(Br)cc21. The van der Waals surface area contributed by atoms with Crippen LogP contribution in [0.5, 0.6) is 0 Å². The lowest BCUT2D eigenvalue weighted by Crippen LogP contribution is -2.03. The van der Waals surface area contributed by atoms with Gasteiger partial charge in [-0.1, -0.05) is 23.9 Å². The first-order valence-corrected chi connectivity index (χ1v) is 8.11. The van der Waals surface area contributed by atoms with Gasteiger partial charge in [-0.2, -0.15) is 0 Å². The van der Waals surface area contributed by atoms with Crippen LogP contribution in [0.15, 0.2) is 33.9 Å². The van der Waals surface area contributed by atoms with Crippen LogP contribution in [0.25, 0.3) is 11.0 Å². The highest BCUT2D eigenvalue weighted by Gasteiger charge is 2.14. The van der Waals surface area contributed by atoms with Gasteiger partial charge in [0.05, 0.1) is 21.3 Å². The van der Waals surface area contributed by atoms with Crippen LogP contribution in [0.4, 0.5) is 4.39 Å². The number of imidazole rings is 1. The van der Waals surface area contributed by atoms with E-state index in [0.717, 1.165) is 23.7 Å². The fourth-order valence-electron chi connectivity index (χ4n) is 1.92. The lowest BCUT2D eigenvalue weighted by Gasteiger charge is -2.07. The van der Waals surface area contributed by atoms with Crippen molar-refractivity contribution in [3.05, 3.63) is 34.6 Å². The molecule has 1 heterocycles. The summed E-state index contributed by atoms with van der Waals surface area (Å²) in [6.07, 6.45) is 4.78. The molecular weight excluding hydrogens is 359 g/mol. The molecule has 1 aromatic carbocycles. The average molecular weight is 373 g/mol. The largest absolute Gasteiger partial charge is 0.481 e. The number of nitrogens with zero attached hydrogens (tertiary/aromatic N) is 2. The number of thioether (sulfide) groups is 1. The number of hydrogen-bond donors (Lipinski definition) is 1. The van der Waals surface area contributed by atoms with Crippen LogP contribution in [0.2, 0.25) is 0 Å². The molecule has 0 aliphatic carbocycles. The van der Waals surface area contributed by atoms with Gasteiger partial charge in [-0.3, -0.25) is 4.79 Å². The topological polar surface area (TPSA) is 55.1 Å². The minimum Gasteiger partial charge on any atom is -0.481 e. The first-order valence-electron chi connectivity index (χ1n) is 6.34. The molecule has 0 saturated heterocycles. The Morgan fingerprint density at radius 2 is 2.33 bits per heavy atom. The summed E-state index contributed by atoms with van der Waals surface area (Å²) < 4.78 is 15.9. The van der Waals surface area contributed by atoms with Crippen molar-refractivity contribution in [1.29, 1.82) is 0 Å². The highest BCUT2D eigenvalue weighted by molar-refractivity contribution is 9.10. The number of allylic oxidation sites excluding steroid dienone is 2. The van der Waals surface area contributed by atoms with Crippen molar-refractivity contribution < 1.29 is 14.3 Å². The van der Waals surface area contributed by atoms with Crippen LogP contribution in [-0.2, 0) is 11.3 Å². The van der Waals surface area contributed by atoms with Gasteiger partial charge in [-0.05, 0) is 35.3 Å². The smallest absolute Gasteiger partial charge is 0.313 e. The number of rotatable bonds is 6. The van der Waals surface area contributed by atoms with Crippen molar-refractivity contribution in [3.8, 4) is 0 Å². The number of aliphatic carboxylic acids is 1. The molecule has 1 aromatic heterocycles. The second-order valence-electron chi connectivity index (χ2n) is 4.34. The zero-order valence-electron chi connectivity index (χ0n) is 11.3. The Hall–Kier alpha value is -1.34. The molecule has 0 atom stereocenters. The maximum absolute atomic E-state index is 13.6. The van der Waals surface area contributed by atoms with Crippen molar-refractivity contribution >= 4 is 44.7 Å². The number of carbonyl (C=O) groups is 1. The van der Waals surface area contributed by atoms with Gasteiger partial charge in [-0.15, -0.1) is 0 Å². The normalized spacial score (nSPS) is 11.6. The molecule has 1 N–H and O–H groups in total. The number of carboxylic acids is 1. The number of fused-ring (bicyclic) bond motifs is 1. The molecule has 0 aliphatic heterocycles. The minimum absolute atomic E-state index is 0.0728. The van der Waals surface area contributed by atoms with Crippen molar-refractivity contribution in [2.45, 2.75) is 25.0 Å². The summed E-state index contributed by atoms with van der Waals surface area (Å²) in [5.41, 5.74) is 1.32. The second kappa shape index (κ2) is 7.09. The van der Waals surface area contributed by atoms with Gasteiger partial charge < -0.3 is 9.67 Å². The Labute approximate surface area is 134 Å². The molecule has 0 aliphatic rings. The molecule has 0 spiro atoms. The number of benzene rings is 1. The van der Waals surface area contributed by atoms with E-state index in [4.69, 9.17) is 5.11 Å². The van der Waals surface area contributed by atoms with Crippen molar-refractivity contribution in [3.63, 3.8) is 0 Å². The van der Waals surface area contributed by atoms with E-state index in [1.807, 2.05) is 23.6 Å². The molecule has 0 bridgehead atoms. The highest BCUT2D eigenvalue weighted by Crippen LogP contribution is 2.28. The fourth-order valence-corrected chi connectivity index (χ4v) is 3.01. The molecule has 4 nitrogen and oxygen atoms in total. The van der Waals surface area contributed by atoms with E-state index >= 15 is 0 Å². The monoisotopic (exact) mass is 372 g/mol. The van der Waals surface area contributed by atoms with E-state index in [0.29, 0.717) is 21.7 Å². The van der Waals surface area contributed by atoms with Gasteiger partial charge >= 0.3 is 5.97 Å². The van der Waals surface area contributed by atoms with E-state index in [1.54, 1.807) is 6.07 Å². The lowest BCUT2D eigenvalue weighted by atomic mass is 10.3. The Morgan fingerprint density at radius 3 is 3.00 bits per heavy atom. The molecule has 21 heavy (non-hydrogen) atoms. The third-order valence-corrected chi connectivity index (χ3v) is 4.40. The van der Waals surface area contributed by atoms with Gasteiger partial charge in [0.1, 0.15) is 5.82 Å². The highest BCUT2D eigenvalue weighted by atomic mass is 79.9. The Bertz CT molecular complexity index is 700. The molecule has 0 fully saturated rings. The molecule has 0 saturated carbocycles. The van der Waals surface area contributed by atoms with Gasteiger partial charge in [0.2, 0.25) is 0 Å². The third-order valence-electron chi connectivity index (χ3n) is 2.84. The van der Waals surface area contributed by atoms with E-state index < -0.39 is 5.97 Å². The van der Waals surface area contributed by atoms with Gasteiger partial charge in [-0.25, -0.2) is 9.37 Å². The first kappa shape index (κ1) is 16.0. The summed E-state index contributed by atoms with van der Waals surface area (Å²) in [5.74, 6) is -1.36. The molecule has 0 radical (unpaired) electrons.